The lowest BCUT2D eigenvalue weighted by Gasteiger charge is -2.04. The number of fused-ring (bicyclic) bond motifs is 1. The Morgan fingerprint density at radius 1 is 1.04 bits per heavy atom. The van der Waals surface area contributed by atoms with E-state index in [2.05, 4.69) is 15.5 Å². The van der Waals surface area contributed by atoms with Crippen molar-refractivity contribution in [2.24, 2.45) is 0 Å². The minimum Gasteiger partial charge on any atom is -0.451 e. The highest BCUT2D eigenvalue weighted by Crippen LogP contribution is 2.17. The number of carbonyl (C=O) groups excluding carboxylic acids is 1. The van der Waals surface area contributed by atoms with Gasteiger partial charge in [0.25, 0.3) is 5.91 Å². The lowest BCUT2D eigenvalue weighted by atomic mass is 10.1. The van der Waals surface area contributed by atoms with E-state index in [4.69, 9.17) is 8.83 Å². The second-order valence-corrected chi connectivity index (χ2v) is 6.35. The SMILES string of the molecule is Cc1ccc2oc(C(=O)NCCc3nnc(-c4ccccc4)o3)cc(=O)c2c1. The van der Waals surface area contributed by atoms with Crippen molar-refractivity contribution in [2.45, 2.75) is 13.3 Å². The molecule has 0 fully saturated rings. The van der Waals surface area contributed by atoms with Crippen LogP contribution in [0.4, 0.5) is 0 Å². The molecule has 0 unspecified atom stereocenters. The minimum atomic E-state index is -0.470. The number of benzene rings is 2. The zero-order valence-electron chi connectivity index (χ0n) is 15.1. The molecule has 0 radical (unpaired) electrons. The maximum Gasteiger partial charge on any atom is 0.287 e. The normalized spacial score (nSPS) is 10.9. The lowest BCUT2D eigenvalue weighted by molar-refractivity contribution is 0.0926. The quantitative estimate of drug-likeness (QED) is 0.575. The first kappa shape index (κ1) is 17.7. The number of carbonyl (C=O) groups is 1. The average molecular weight is 375 g/mol. The Morgan fingerprint density at radius 2 is 1.86 bits per heavy atom. The smallest absolute Gasteiger partial charge is 0.287 e. The number of amides is 1. The van der Waals surface area contributed by atoms with Gasteiger partial charge in [0, 0.05) is 24.6 Å². The van der Waals surface area contributed by atoms with E-state index >= 15 is 0 Å². The third-order valence-corrected chi connectivity index (χ3v) is 4.22. The molecular formula is C21H17N3O4. The number of hydrogen-bond donors (Lipinski definition) is 1. The molecule has 1 N–H and O–H groups in total. The standard InChI is InChI=1S/C21H17N3O4/c1-13-7-8-17-15(11-13)16(25)12-18(27-17)20(26)22-10-9-19-23-24-21(28-19)14-5-3-2-4-6-14/h2-8,11-12H,9-10H2,1H3,(H,22,26). The fourth-order valence-corrected chi connectivity index (χ4v) is 2.80. The number of aryl methyl sites for hydroxylation is 1. The van der Waals surface area contributed by atoms with Gasteiger partial charge in [0.2, 0.25) is 11.8 Å². The lowest BCUT2D eigenvalue weighted by Crippen LogP contribution is -2.26. The summed E-state index contributed by atoms with van der Waals surface area (Å²) >= 11 is 0. The highest BCUT2D eigenvalue weighted by molar-refractivity contribution is 5.93. The summed E-state index contributed by atoms with van der Waals surface area (Å²) in [6.07, 6.45) is 0.364. The van der Waals surface area contributed by atoms with Crippen molar-refractivity contribution >= 4 is 16.9 Å². The fourth-order valence-electron chi connectivity index (χ4n) is 2.80. The predicted molar refractivity (Wildman–Crippen MR) is 103 cm³/mol. The van der Waals surface area contributed by atoms with Gasteiger partial charge >= 0.3 is 0 Å². The van der Waals surface area contributed by atoms with Crippen LogP contribution in [0.3, 0.4) is 0 Å². The minimum absolute atomic E-state index is 0.0307. The number of rotatable bonds is 5. The summed E-state index contributed by atoms with van der Waals surface area (Å²) in [7, 11) is 0. The molecule has 4 rings (SSSR count). The topological polar surface area (TPSA) is 98.2 Å². The molecular weight excluding hydrogens is 358 g/mol. The molecule has 28 heavy (non-hydrogen) atoms. The summed E-state index contributed by atoms with van der Waals surface area (Å²) < 4.78 is 11.2. The van der Waals surface area contributed by atoms with Crippen LogP contribution in [0.25, 0.3) is 22.4 Å². The van der Waals surface area contributed by atoms with E-state index in [-0.39, 0.29) is 17.7 Å². The van der Waals surface area contributed by atoms with Gasteiger partial charge in [0.15, 0.2) is 11.2 Å². The third kappa shape index (κ3) is 3.68. The van der Waals surface area contributed by atoms with E-state index in [0.29, 0.717) is 29.2 Å². The number of nitrogens with one attached hydrogen (secondary N) is 1. The molecule has 0 spiro atoms. The monoisotopic (exact) mass is 375 g/mol. The first-order chi connectivity index (χ1) is 13.6. The van der Waals surface area contributed by atoms with Crippen LogP contribution in [0.15, 0.2) is 68.2 Å². The van der Waals surface area contributed by atoms with Crippen LogP contribution in [-0.2, 0) is 6.42 Å². The molecule has 0 aliphatic heterocycles. The highest BCUT2D eigenvalue weighted by Gasteiger charge is 2.13. The summed E-state index contributed by atoms with van der Waals surface area (Å²) in [5.74, 6) is 0.339. The van der Waals surface area contributed by atoms with Gasteiger partial charge < -0.3 is 14.2 Å². The first-order valence-electron chi connectivity index (χ1n) is 8.81. The van der Waals surface area contributed by atoms with Gasteiger partial charge in [0.1, 0.15) is 5.58 Å². The zero-order valence-corrected chi connectivity index (χ0v) is 15.1. The van der Waals surface area contributed by atoms with E-state index in [0.717, 1.165) is 11.1 Å². The highest BCUT2D eigenvalue weighted by atomic mass is 16.4. The van der Waals surface area contributed by atoms with Crippen molar-refractivity contribution in [3.05, 3.63) is 82.0 Å². The van der Waals surface area contributed by atoms with E-state index < -0.39 is 5.91 Å². The first-order valence-corrected chi connectivity index (χ1v) is 8.81. The van der Waals surface area contributed by atoms with Crippen LogP contribution in [0.2, 0.25) is 0 Å². The van der Waals surface area contributed by atoms with Gasteiger partial charge in [-0.05, 0) is 31.2 Å². The van der Waals surface area contributed by atoms with E-state index in [1.54, 1.807) is 12.1 Å². The van der Waals surface area contributed by atoms with E-state index in [1.165, 1.54) is 6.07 Å². The van der Waals surface area contributed by atoms with E-state index in [9.17, 15) is 9.59 Å². The van der Waals surface area contributed by atoms with Crippen LogP contribution in [0.1, 0.15) is 22.0 Å². The Labute approximate surface area is 160 Å². The van der Waals surface area contributed by atoms with E-state index in [1.807, 2.05) is 43.3 Å². The summed E-state index contributed by atoms with van der Waals surface area (Å²) in [6.45, 7) is 2.16. The molecule has 0 bridgehead atoms. The molecule has 0 saturated carbocycles. The van der Waals surface area contributed by atoms with Gasteiger partial charge in [-0.2, -0.15) is 0 Å². The van der Waals surface area contributed by atoms with Gasteiger partial charge in [-0.3, -0.25) is 9.59 Å². The molecule has 2 aromatic heterocycles. The van der Waals surface area contributed by atoms with Gasteiger partial charge in [-0.25, -0.2) is 0 Å². The van der Waals surface area contributed by atoms with Crippen LogP contribution in [0, 0.1) is 6.92 Å². The molecule has 0 aliphatic rings. The average Bonchev–Trinajstić information content (AvgIpc) is 3.18. The molecule has 0 aliphatic carbocycles. The molecule has 2 heterocycles. The van der Waals surface area contributed by atoms with Crippen LogP contribution in [0.5, 0.6) is 0 Å². The van der Waals surface area contributed by atoms with Gasteiger partial charge in [-0.15, -0.1) is 10.2 Å². The Balaban J connectivity index is 1.41. The van der Waals surface area contributed by atoms with Crippen molar-refractivity contribution < 1.29 is 13.6 Å². The van der Waals surface area contributed by atoms with Crippen LogP contribution < -0.4 is 10.7 Å². The Morgan fingerprint density at radius 3 is 2.68 bits per heavy atom. The van der Waals surface area contributed by atoms with Crippen molar-refractivity contribution in [2.75, 3.05) is 6.54 Å². The van der Waals surface area contributed by atoms with Crippen molar-refractivity contribution in [1.82, 2.24) is 15.5 Å². The van der Waals surface area contributed by atoms with Crippen molar-refractivity contribution in [3.63, 3.8) is 0 Å². The van der Waals surface area contributed by atoms with Crippen molar-refractivity contribution in [1.29, 1.82) is 0 Å². The largest absolute Gasteiger partial charge is 0.451 e. The summed E-state index contributed by atoms with van der Waals surface area (Å²) in [6, 6.07) is 15.9. The third-order valence-electron chi connectivity index (χ3n) is 4.22. The molecule has 7 nitrogen and oxygen atoms in total. The molecule has 1 amide bonds. The molecule has 140 valence electrons. The van der Waals surface area contributed by atoms with Gasteiger partial charge in [-0.1, -0.05) is 29.8 Å². The Bertz CT molecular complexity index is 1200. The number of aromatic nitrogens is 2. The second-order valence-electron chi connectivity index (χ2n) is 6.35. The molecule has 7 heteroatoms. The zero-order chi connectivity index (χ0) is 19.5. The summed E-state index contributed by atoms with van der Waals surface area (Å²) in [5.41, 5.74) is 1.91. The molecule has 0 saturated heterocycles. The number of hydrogen-bond acceptors (Lipinski definition) is 6. The summed E-state index contributed by atoms with van der Waals surface area (Å²) in [4.78, 5) is 24.5. The molecule has 2 aromatic carbocycles. The molecule has 4 aromatic rings. The number of nitrogens with zero attached hydrogens (tertiary/aromatic N) is 2. The van der Waals surface area contributed by atoms with Crippen molar-refractivity contribution in [3.8, 4) is 11.5 Å². The molecule has 0 atom stereocenters. The predicted octanol–water partition coefficient (Wildman–Crippen LogP) is 3.12. The summed E-state index contributed by atoms with van der Waals surface area (Å²) in [5, 5.41) is 11.1. The Hall–Kier alpha value is -3.74. The fraction of sp³-hybridized carbons (Fsp3) is 0.143. The van der Waals surface area contributed by atoms with Crippen LogP contribution in [-0.4, -0.2) is 22.6 Å². The maximum absolute atomic E-state index is 12.3. The second kappa shape index (κ2) is 7.48. The Kier molecular flexibility index (Phi) is 4.72. The van der Waals surface area contributed by atoms with Gasteiger partial charge in [0.05, 0.1) is 5.39 Å². The maximum atomic E-state index is 12.3. The van der Waals surface area contributed by atoms with Crippen LogP contribution >= 0.6 is 0 Å².